The van der Waals surface area contributed by atoms with Gasteiger partial charge in [-0.15, -0.1) is 0 Å². The summed E-state index contributed by atoms with van der Waals surface area (Å²) in [6, 6.07) is 15.9. The lowest BCUT2D eigenvalue weighted by Crippen LogP contribution is -2.06. The Morgan fingerprint density at radius 1 is 1.05 bits per heavy atom. The van der Waals surface area contributed by atoms with Gasteiger partial charge in [-0.25, -0.2) is 0 Å². The van der Waals surface area contributed by atoms with Crippen molar-refractivity contribution in [2.75, 3.05) is 11.1 Å². The molecule has 0 aliphatic carbocycles. The van der Waals surface area contributed by atoms with E-state index in [0.717, 1.165) is 23.7 Å². The van der Waals surface area contributed by atoms with Crippen LogP contribution in [0, 0.1) is 0 Å². The Labute approximate surface area is 114 Å². The van der Waals surface area contributed by atoms with Crippen LogP contribution in [0.3, 0.4) is 0 Å². The highest BCUT2D eigenvalue weighted by Gasteiger charge is 2.00. The third kappa shape index (κ3) is 3.91. The Morgan fingerprint density at radius 3 is 2.37 bits per heavy atom. The molecule has 0 heterocycles. The third-order valence-electron chi connectivity index (χ3n) is 2.74. The minimum absolute atomic E-state index is 0.202. The third-order valence-corrected chi connectivity index (χ3v) is 2.74. The number of benzene rings is 2. The maximum Gasteiger partial charge on any atom is 0.119 e. The Balaban J connectivity index is 1.95. The first-order chi connectivity index (χ1) is 9.15. The zero-order valence-electron chi connectivity index (χ0n) is 11.4. The number of rotatable bonds is 5. The molecular weight excluding hydrogens is 236 g/mol. The summed E-state index contributed by atoms with van der Waals surface area (Å²) in [5.41, 5.74) is 8.80. The fraction of sp³-hybridized carbons (Fsp3) is 0.250. The van der Waals surface area contributed by atoms with E-state index < -0.39 is 0 Å². The molecule has 0 amide bonds. The highest BCUT2D eigenvalue weighted by molar-refractivity contribution is 5.65. The standard InChI is InChI=1S/C16H20N2O/c1-12(2)19-14-9-7-13(8-10-14)11-18-16-6-4-3-5-15(16)17/h3-10,12,18H,11,17H2,1-2H3. The molecule has 19 heavy (non-hydrogen) atoms. The van der Waals surface area contributed by atoms with Gasteiger partial charge in [0.05, 0.1) is 17.5 Å². The molecule has 0 saturated heterocycles. The van der Waals surface area contributed by atoms with Crippen LogP contribution < -0.4 is 15.8 Å². The molecule has 0 aliphatic rings. The van der Waals surface area contributed by atoms with Crippen molar-refractivity contribution in [3.05, 3.63) is 54.1 Å². The van der Waals surface area contributed by atoms with E-state index >= 15 is 0 Å². The molecule has 0 fully saturated rings. The molecule has 2 aromatic rings. The lowest BCUT2D eigenvalue weighted by Gasteiger charge is -2.11. The van der Waals surface area contributed by atoms with Crippen LogP contribution in [0.25, 0.3) is 0 Å². The zero-order chi connectivity index (χ0) is 13.7. The first kappa shape index (κ1) is 13.3. The maximum absolute atomic E-state index is 5.88. The van der Waals surface area contributed by atoms with Crippen molar-refractivity contribution in [2.24, 2.45) is 0 Å². The van der Waals surface area contributed by atoms with E-state index in [4.69, 9.17) is 10.5 Å². The first-order valence-corrected chi connectivity index (χ1v) is 6.49. The van der Waals surface area contributed by atoms with E-state index in [-0.39, 0.29) is 6.10 Å². The van der Waals surface area contributed by atoms with E-state index in [1.807, 2.05) is 50.2 Å². The highest BCUT2D eigenvalue weighted by atomic mass is 16.5. The lowest BCUT2D eigenvalue weighted by molar-refractivity contribution is 0.242. The molecule has 0 aromatic heterocycles. The molecule has 3 heteroatoms. The minimum Gasteiger partial charge on any atom is -0.491 e. The predicted octanol–water partition coefficient (Wildman–Crippen LogP) is 3.67. The van der Waals surface area contributed by atoms with Crippen molar-refractivity contribution in [3.63, 3.8) is 0 Å². The quantitative estimate of drug-likeness (QED) is 0.802. The van der Waals surface area contributed by atoms with Crippen molar-refractivity contribution in [3.8, 4) is 5.75 Å². The second kappa shape index (κ2) is 6.14. The largest absolute Gasteiger partial charge is 0.491 e. The van der Waals surface area contributed by atoms with Gasteiger partial charge in [0, 0.05) is 6.54 Å². The smallest absolute Gasteiger partial charge is 0.119 e. The minimum atomic E-state index is 0.202. The Morgan fingerprint density at radius 2 is 1.74 bits per heavy atom. The summed E-state index contributed by atoms with van der Waals surface area (Å²) in [5, 5.41) is 3.32. The summed E-state index contributed by atoms with van der Waals surface area (Å²) < 4.78 is 5.61. The maximum atomic E-state index is 5.88. The van der Waals surface area contributed by atoms with Crippen molar-refractivity contribution in [2.45, 2.75) is 26.5 Å². The number of hydrogen-bond donors (Lipinski definition) is 2. The van der Waals surface area contributed by atoms with Gasteiger partial charge >= 0.3 is 0 Å². The number of para-hydroxylation sites is 2. The molecule has 0 bridgehead atoms. The van der Waals surface area contributed by atoms with Gasteiger partial charge in [0.15, 0.2) is 0 Å². The number of ether oxygens (including phenoxy) is 1. The summed E-state index contributed by atoms with van der Waals surface area (Å²) in [7, 11) is 0. The van der Waals surface area contributed by atoms with Crippen LogP contribution in [0.15, 0.2) is 48.5 Å². The number of nitrogens with one attached hydrogen (secondary N) is 1. The SMILES string of the molecule is CC(C)Oc1ccc(CNc2ccccc2N)cc1. The summed E-state index contributed by atoms with van der Waals surface area (Å²) >= 11 is 0. The van der Waals surface area contributed by atoms with Crippen LogP contribution in [-0.2, 0) is 6.54 Å². The number of anilines is 2. The summed E-state index contributed by atoms with van der Waals surface area (Å²) in [6.07, 6.45) is 0.202. The predicted molar refractivity (Wildman–Crippen MR) is 80.4 cm³/mol. The van der Waals surface area contributed by atoms with E-state index in [2.05, 4.69) is 17.4 Å². The van der Waals surface area contributed by atoms with Gasteiger partial charge in [0.1, 0.15) is 5.75 Å². The molecule has 0 saturated carbocycles. The molecule has 0 atom stereocenters. The molecular formula is C16H20N2O. The van der Waals surface area contributed by atoms with Crippen LogP contribution in [0.4, 0.5) is 11.4 Å². The molecule has 3 N–H and O–H groups in total. The zero-order valence-corrected chi connectivity index (χ0v) is 11.4. The molecule has 0 unspecified atom stereocenters. The van der Waals surface area contributed by atoms with Crippen molar-refractivity contribution >= 4 is 11.4 Å². The van der Waals surface area contributed by atoms with Crippen molar-refractivity contribution < 1.29 is 4.74 Å². The second-order valence-corrected chi connectivity index (χ2v) is 4.75. The number of nitrogens with two attached hydrogens (primary N) is 1. The van der Waals surface area contributed by atoms with Gasteiger partial charge in [-0.05, 0) is 43.7 Å². The normalized spacial score (nSPS) is 10.5. The van der Waals surface area contributed by atoms with Crippen LogP contribution in [0.1, 0.15) is 19.4 Å². The molecule has 0 spiro atoms. The number of hydrogen-bond acceptors (Lipinski definition) is 3. The lowest BCUT2D eigenvalue weighted by atomic mass is 10.2. The summed E-state index contributed by atoms with van der Waals surface area (Å²) in [5.74, 6) is 0.901. The van der Waals surface area contributed by atoms with Gasteiger partial charge in [-0.2, -0.15) is 0 Å². The fourth-order valence-corrected chi connectivity index (χ4v) is 1.81. The summed E-state index contributed by atoms with van der Waals surface area (Å²) in [6.45, 7) is 4.79. The Hall–Kier alpha value is -2.16. The van der Waals surface area contributed by atoms with Crippen LogP contribution >= 0.6 is 0 Å². The first-order valence-electron chi connectivity index (χ1n) is 6.49. The van der Waals surface area contributed by atoms with Crippen molar-refractivity contribution in [1.29, 1.82) is 0 Å². The van der Waals surface area contributed by atoms with Gasteiger partial charge in [-0.1, -0.05) is 24.3 Å². The van der Waals surface area contributed by atoms with Gasteiger partial charge < -0.3 is 15.8 Å². The average molecular weight is 256 g/mol. The highest BCUT2D eigenvalue weighted by Crippen LogP contribution is 2.19. The average Bonchev–Trinajstić information content (AvgIpc) is 2.39. The summed E-state index contributed by atoms with van der Waals surface area (Å²) in [4.78, 5) is 0. The van der Waals surface area contributed by atoms with E-state index in [1.54, 1.807) is 0 Å². The Kier molecular flexibility index (Phi) is 4.29. The molecule has 0 radical (unpaired) electrons. The van der Waals surface area contributed by atoms with E-state index in [1.165, 1.54) is 5.56 Å². The molecule has 3 nitrogen and oxygen atoms in total. The van der Waals surface area contributed by atoms with E-state index in [9.17, 15) is 0 Å². The van der Waals surface area contributed by atoms with Crippen LogP contribution in [-0.4, -0.2) is 6.10 Å². The van der Waals surface area contributed by atoms with E-state index in [0.29, 0.717) is 0 Å². The second-order valence-electron chi connectivity index (χ2n) is 4.75. The number of nitrogen functional groups attached to an aromatic ring is 1. The molecule has 100 valence electrons. The molecule has 0 aliphatic heterocycles. The van der Waals surface area contributed by atoms with Gasteiger partial charge in [-0.3, -0.25) is 0 Å². The Bertz CT molecular complexity index is 521. The van der Waals surface area contributed by atoms with Gasteiger partial charge in [0.2, 0.25) is 0 Å². The molecule has 2 aromatic carbocycles. The van der Waals surface area contributed by atoms with Crippen LogP contribution in [0.2, 0.25) is 0 Å². The monoisotopic (exact) mass is 256 g/mol. The fourth-order valence-electron chi connectivity index (χ4n) is 1.81. The topological polar surface area (TPSA) is 47.3 Å². The molecule has 2 rings (SSSR count). The van der Waals surface area contributed by atoms with Crippen LogP contribution in [0.5, 0.6) is 5.75 Å². The van der Waals surface area contributed by atoms with Crippen molar-refractivity contribution in [1.82, 2.24) is 0 Å². The van der Waals surface area contributed by atoms with Gasteiger partial charge in [0.25, 0.3) is 0 Å².